The zero-order chi connectivity index (χ0) is 12.5. The van der Waals surface area contributed by atoms with Crippen LogP contribution in [0.5, 0.6) is 0 Å². The van der Waals surface area contributed by atoms with Crippen molar-refractivity contribution in [1.29, 1.82) is 0 Å². The molecule has 1 saturated carbocycles. The fourth-order valence-corrected chi connectivity index (χ4v) is 2.78. The highest BCUT2D eigenvalue weighted by atomic mass is 32.2. The molecule has 3 nitrogen and oxygen atoms in total. The Morgan fingerprint density at radius 2 is 2.22 bits per heavy atom. The Balaban J connectivity index is 1.69. The molecule has 0 N–H and O–H groups in total. The van der Waals surface area contributed by atoms with Gasteiger partial charge in [-0.15, -0.1) is 10.2 Å². The van der Waals surface area contributed by atoms with Crippen LogP contribution < -0.4 is 0 Å². The van der Waals surface area contributed by atoms with Crippen molar-refractivity contribution < 1.29 is 4.39 Å². The van der Waals surface area contributed by atoms with Gasteiger partial charge in [0.05, 0.1) is 0 Å². The standard InChI is InChI=1S/C13H14FN3S/c1-17-12(10-5-6-10)15-16-13(17)18-8-9-3-2-4-11(14)7-9/h2-4,7,10H,5-6,8H2,1H3. The molecule has 0 atom stereocenters. The second kappa shape index (κ2) is 4.72. The van der Waals surface area contributed by atoms with Crippen molar-refractivity contribution in [2.75, 3.05) is 0 Å². The zero-order valence-corrected chi connectivity index (χ0v) is 11.0. The first-order valence-electron chi connectivity index (χ1n) is 6.00. The first kappa shape index (κ1) is 11.7. The van der Waals surface area contributed by atoms with Crippen LogP contribution in [0.2, 0.25) is 0 Å². The zero-order valence-electron chi connectivity index (χ0n) is 10.1. The number of thioether (sulfide) groups is 1. The molecule has 18 heavy (non-hydrogen) atoms. The minimum Gasteiger partial charge on any atom is -0.309 e. The van der Waals surface area contributed by atoms with Crippen molar-refractivity contribution in [3.8, 4) is 0 Å². The van der Waals surface area contributed by atoms with Crippen LogP contribution >= 0.6 is 11.8 Å². The third kappa shape index (κ3) is 2.41. The lowest BCUT2D eigenvalue weighted by atomic mass is 10.2. The van der Waals surface area contributed by atoms with E-state index in [0.29, 0.717) is 11.7 Å². The lowest BCUT2D eigenvalue weighted by Crippen LogP contribution is -1.97. The third-order valence-corrected chi connectivity index (χ3v) is 4.16. The molecule has 0 radical (unpaired) electrons. The fourth-order valence-electron chi connectivity index (χ4n) is 1.92. The van der Waals surface area contributed by atoms with Crippen molar-refractivity contribution in [1.82, 2.24) is 14.8 Å². The average Bonchev–Trinajstić information content (AvgIpc) is 3.12. The lowest BCUT2D eigenvalue weighted by molar-refractivity contribution is 0.626. The van der Waals surface area contributed by atoms with Crippen LogP contribution in [-0.4, -0.2) is 14.8 Å². The number of rotatable bonds is 4. The second-order valence-electron chi connectivity index (χ2n) is 4.59. The molecule has 0 bridgehead atoms. The summed E-state index contributed by atoms with van der Waals surface area (Å²) in [6, 6.07) is 6.68. The van der Waals surface area contributed by atoms with Gasteiger partial charge in [-0.25, -0.2) is 4.39 Å². The van der Waals surface area contributed by atoms with Gasteiger partial charge in [-0.05, 0) is 30.5 Å². The van der Waals surface area contributed by atoms with Crippen LogP contribution in [0.4, 0.5) is 4.39 Å². The van der Waals surface area contributed by atoms with Crippen molar-refractivity contribution in [2.45, 2.75) is 29.7 Å². The van der Waals surface area contributed by atoms with Gasteiger partial charge in [0, 0.05) is 18.7 Å². The topological polar surface area (TPSA) is 30.7 Å². The SMILES string of the molecule is Cn1c(SCc2cccc(F)c2)nnc1C1CC1. The van der Waals surface area contributed by atoms with E-state index in [1.165, 1.54) is 18.9 Å². The van der Waals surface area contributed by atoms with Crippen molar-refractivity contribution in [2.24, 2.45) is 7.05 Å². The predicted molar refractivity (Wildman–Crippen MR) is 68.9 cm³/mol. The molecule has 1 aromatic carbocycles. The first-order valence-corrected chi connectivity index (χ1v) is 6.99. The van der Waals surface area contributed by atoms with E-state index in [1.54, 1.807) is 23.9 Å². The number of hydrogen-bond donors (Lipinski definition) is 0. The van der Waals surface area contributed by atoms with E-state index >= 15 is 0 Å². The number of benzene rings is 1. The largest absolute Gasteiger partial charge is 0.309 e. The van der Waals surface area contributed by atoms with Crippen molar-refractivity contribution in [3.05, 3.63) is 41.5 Å². The van der Waals surface area contributed by atoms with Crippen LogP contribution in [0.25, 0.3) is 0 Å². The summed E-state index contributed by atoms with van der Waals surface area (Å²) in [5.74, 6) is 2.21. The maximum absolute atomic E-state index is 13.0. The van der Waals surface area contributed by atoms with Crippen LogP contribution in [0.1, 0.15) is 30.1 Å². The molecule has 2 aromatic rings. The molecular formula is C13H14FN3S. The van der Waals surface area contributed by atoms with Gasteiger partial charge < -0.3 is 4.57 Å². The fraction of sp³-hybridized carbons (Fsp3) is 0.385. The van der Waals surface area contributed by atoms with E-state index in [4.69, 9.17) is 0 Å². The van der Waals surface area contributed by atoms with Gasteiger partial charge in [0.1, 0.15) is 11.6 Å². The molecule has 1 aliphatic carbocycles. The molecule has 1 fully saturated rings. The number of halogens is 1. The molecule has 0 saturated heterocycles. The maximum atomic E-state index is 13.0. The molecule has 1 aromatic heterocycles. The molecule has 0 spiro atoms. The molecule has 5 heteroatoms. The Labute approximate surface area is 109 Å². The number of aromatic nitrogens is 3. The molecule has 1 heterocycles. The quantitative estimate of drug-likeness (QED) is 0.794. The van der Waals surface area contributed by atoms with Crippen molar-refractivity contribution in [3.63, 3.8) is 0 Å². The Bertz CT molecular complexity index is 563. The Hall–Kier alpha value is -1.36. The molecule has 0 unspecified atom stereocenters. The van der Waals surface area contributed by atoms with E-state index in [9.17, 15) is 4.39 Å². The Morgan fingerprint density at radius 3 is 2.94 bits per heavy atom. The van der Waals surface area contributed by atoms with E-state index in [-0.39, 0.29) is 5.82 Å². The van der Waals surface area contributed by atoms with Gasteiger partial charge in [-0.2, -0.15) is 0 Å². The van der Waals surface area contributed by atoms with Crippen LogP contribution in [0.15, 0.2) is 29.4 Å². The van der Waals surface area contributed by atoms with Gasteiger partial charge in [-0.1, -0.05) is 23.9 Å². The van der Waals surface area contributed by atoms with E-state index in [0.717, 1.165) is 16.5 Å². The van der Waals surface area contributed by atoms with Crippen LogP contribution in [-0.2, 0) is 12.8 Å². The normalized spacial score (nSPS) is 15.0. The summed E-state index contributed by atoms with van der Waals surface area (Å²) in [6.45, 7) is 0. The molecule has 94 valence electrons. The highest BCUT2D eigenvalue weighted by molar-refractivity contribution is 7.98. The Morgan fingerprint density at radius 1 is 1.39 bits per heavy atom. The molecule has 1 aliphatic rings. The summed E-state index contributed by atoms with van der Waals surface area (Å²) in [5.41, 5.74) is 0.968. The minimum atomic E-state index is -0.190. The third-order valence-electron chi connectivity index (χ3n) is 3.07. The van der Waals surface area contributed by atoms with Crippen LogP contribution in [0, 0.1) is 5.82 Å². The van der Waals surface area contributed by atoms with Crippen molar-refractivity contribution >= 4 is 11.8 Å². The highest BCUT2D eigenvalue weighted by Gasteiger charge is 2.29. The number of nitrogens with zero attached hydrogens (tertiary/aromatic N) is 3. The summed E-state index contributed by atoms with van der Waals surface area (Å²) in [7, 11) is 2.00. The maximum Gasteiger partial charge on any atom is 0.191 e. The highest BCUT2D eigenvalue weighted by Crippen LogP contribution is 2.39. The first-order chi connectivity index (χ1) is 8.74. The smallest absolute Gasteiger partial charge is 0.191 e. The predicted octanol–water partition coefficient (Wildman–Crippen LogP) is 3.12. The van der Waals surface area contributed by atoms with Gasteiger partial charge in [0.2, 0.25) is 0 Å². The summed E-state index contributed by atoms with van der Waals surface area (Å²) in [6.07, 6.45) is 2.45. The number of hydrogen-bond acceptors (Lipinski definition) is 3. The summed E-state index contributed by atoms with van der Waals surface area (Å²) in [5, 5.41) is 9.33. The van der Waals surface area contributed by atoms with E-state index in [2.05, 4.69) is 14.8 Å². The minimum absolute atomic E-state index is 0.190. The molecule has 3 rings (SSSR count). The van der Waals surface area contributed by atoms with Crippen LogP contribution in [0.3, 0.4) is 0 Å². The molecule has 0 aliphatic heterocycles. The summed E-state index contributed by atoms with van der Waals surface area (Å²) in [4.78, 5) is 0. The van der Waals surface area contributed by atoms with Gasteiger partial charge in [-0.3, -0.25) is 0 Å². The van der Waals surface area contributed by atoms with Gasteiger partial charge >= 0.3 is 0 Å². The van der Waals surface area contributed by atoms with Gasteiger partial charge in [0.15, 0.2) is 5.16 Å². The Kier molecular flexibility index (Phi) is 3.07. The molecule has 0 amide bonds. The monoisotopic (exact) mass is 263 g/mol. The van der Waals surface area contributed by atoms with E-state index in [1.807, 2.05) is 13.1 Å². The second-order valence-corrected chi connectivity index (χ2v) is 5.54. The van der Waals surface area contributed by atoms with E-state index < -0.39 is 0 Å². The molecular weight excluding hydrogens is 249 g/mol. The lowest BCUT2D eigenvalue weighted by Gasteiger charge is -2.03. The average molecular weight is 263 g/mol. The van der Waals surface area contributed by atoms with Gasteiger partial charge in [0.25, 0.3) is 0 Å². The summed E-state index contributed by atoms with van der Waals surface area (Å²) >= 11 is 1.60. The summed E-state index contributed by atoms with van der Waals surface area (Å²) < 4.78 is 15.1.